The highest BCUT2D eigenvalue weighted by atomic mass is 16.6. The topological polar surface area (TPSA) is 47.6 Å². The van der Waals surface area contributed by atoms with Gasteiger partial charge in [0.1, 0.15) is 13.2 Å². The minimum absolute atomic E-state index is 0.0130. The summed E-state index contributed by atoms with van der Waals surface area (Å²) in [4.78, 5) is 13.6. The summed E-state index contributed by atoms with van der Waals surface area (Å²) < 4.78 is 11.4. The zero-order valence-corrected chi connectivity index (χ0v) is 17.4. The van der Waals surface area contributed by atoms with Crippen LogP contribution in [0, 0.1) is 5.92 Å². The summed E-state index contributed by atoms with van der Waals surface area (Å²) in [5.41, 5.74) is 2.97. The summed E-state index contributed by atoms with van der Waals surface area (Å²) in [6.07, 6.45) is 0. The van der Waals surface area contributed by atoms with E-state index >= 15 is 0 Å². The first-order chi connectivity index (χ1) is 14.6. The van der Waals surface area contributed by atoms with Crippen molar-refractivity contribution in [1.82, 2.24) is 5.32 Å². The van der Waals surface area contributed by atoms with Crippen molar-refractivity contribution >= 4 is 5.91 Å². The number of benzene rings is 3. The molecule has 0 aliphatic carbocycles. The molecule has 0 aromatic heterocycles. The second kappa shape index (κ2) is 9.04. The summed E-state index contributed by atoms with van der Waals surface area (Å²) in [5.74, 6) is 1.32. The number of amides is 1. The molecule has 0 saturated carbocycles. The molecule has 0 unspecified atom stereocenters. The summed E-state index contributed by atoms with van der Waals surface area (Å²) in [6, 6.07) is 25.6. The Kier molecular flexibility index (Phi) is 6.03. The Morgan fingerprint density at radius 3 is 1.90 bits per heavy atom. The molecule has 1 atom stereocenters. The van der Waals surface area contributed by atoms with Gasteiger partial charge in [0, 0.05) is 0 Å². The minimum atomic E-state index is -0.370. The number of fused-ring (bicyclic) bond motifs is 1. The van der Waals surface area contributed by atoms with Gasteiger partial charge in [-0.2, -0.15) is 0 Å². The Labute approximate surface area is 177 Å². The number of hydrogen-bond acceptors (Lipinski definition) is 3. The van der Waals surface area contributed by atoms with E-state index in [0.717, 1.165) is 28.2 Å². The second-order valence-corrected chi connectivity index (χ2v) is 7.89. The highest BCUT2D eigenvalue weighted by Gasteiger charge is 2.27. The Morgan fingerprint density at radius 2 is 1.33 bits per heavy atom. The van der Waals surface area contributed by atoms with Crippen molar-refractivity contribution in [2.45, 2.75) is 25.8 Å². The van der Waals surface area contributed by atoms with Crippen LogP contribution >= 0.6 is 0 Å². The maximum Gasteiger partial charge on any atom is 0.232 e. The standard InChI is InChI=1S/C26H27NO3/c1-18(2)25(21-13-14-22-23(17-21)30-16-15-29-22)27-26(28)24(19-9-5-3-6-10-19)20-11-7-4-8-12-20/h3-14,17-18,24-25H,15-16H2,1-2H3,(H,27,28)/t25-/m1/s1. The fraction of sp³-hybridized carbons (Fsp3) is 0.269. The lowest BCUT2D eigenvalue weighted by Gasteiger charge is -2.27. The molecule has 1 N–H and O–H groups in total. The minimum Gasteiger partial charge on any atom is -0.486 e. The van der Waals surface area contributed by atoms with Crippen LogP contribution in [0.1, 0.15) is 42.5 Å². The van der Waals surface area contributed by atoms with Gasteiger partial charge in [0.05, 0.1) is 12.0 Å². The number of hydrogen-bond donors (Lipinski definition) is 1. The first kappa shape index (κ1) is 20.0. The predicted octanol–water partition coefficient (Wildman–Crippen LogP) is 5.10. The number of ether oxygens (including phenoxy) is 2. The van der Waals surface area contributed by atoms with Gasteiger partial charge in [-0.25, -0.2) is 0 Å². The van der Waals surface area contributed by atoms with Crippen LogP contribution in [0.3, 0.4) is 0 Å². The Hall–Kier alpha value is -3.27. The largest absolute Gasteiger partial charge is 0.486 e. The van der Waals surface area contributed by atoms with Crippen LogP contribution in [0.5, 0.6) is 11.5 Å². The van der Waals surface area contributed by atoms with Crippen molar-refractivity contribution < 1.29 is 14.3 Å². The summed E-state index contributed by atoms with van der Waals surface area (Å²) in [7, 11) is 0. The van der Waals surface area contributed by atoms with E-state index in [2.05, 4.69) is 19.2 Å². The molecule has 3 aromatic rings. The number of carbonyl (C=O) groups excluding carboxylic acids is 1. The van der Waals surface area contributed by atoms with E-state index in [1.807, 2.05) is 78.9 Å². The number of rotatable bonds is 6. The van der Waals surface area contributed by atoms with Gasteiger partial charge < -0.3 is 14.8 Å². The Bertz CT molecular complexity index is 946. The maximum atomic E-state index is 13.6. The predicted molar refractivity (Wildman–Crippen MR) is 118 cm³/mol. The third-order valence-corrected chi connectivity index (χ3v) is 5.42. The third kappa shape index (κ3) is 4.33. The maximum absolute atomic E-state index is 13.6. The van der Waals surface area contributed by atoms with Gasteiger partial charge in [-0.3, -0.25) is 4.79 Å². The lowest BCUT2D eigenvalue weighted by molar-refractivity contribution is -0.122. The summed E-state index contributed by atoms with van der Waals surface area (Å²) in [5, 5.41) is 3.30. The van der Waals surface area contributed by atoms with E-state index in [0.29, 0.717) is 13.2 Å². The van der Waals surface area contributed by atoms with Crippen molar-refractivity contribution in [3.05, 3.63) is 95.6 Å². The molecular weight excluding hydrogens is 374 g/mol. The van der Waals surface area contributed by atoms with Gasteiger partial charge in [0.2, 0.25) is 5.91 Å². The van der Waals surface area contributed by atoms with E-state index in [4.69, 9.17) is 9.47 Å². The smallest absolute Gasteiger partial charge is 0.232 e. The average Bonchev–Trinajstić information content (AvgIpc) is 2.78. The molecule has 0 bridgehead atoms. The van der Waals surface area contributed by atoms with Crippen molar-refractivity contribution in [3.63, 3.8) is 0 Å². The van der Waals surface area contributed by atoms with Crippen LogP contribution in [0.25, 0.3) is 0 Å². The fourth-order valence-corrected chi connectivity index (χ4v) is 3.91. The molecule has 0 spiro atoms. The van der Waals surface area contributed by atoms with Gasteiger partial charge in [0.25, 0.3) is 0 Å². The highest BCUT2D eigenvalue weighted by molar-refractivity contribution is 5.87. The zero-order valence-electron chi connectivity index (χ0n) is 17.4. The van der Waals surface area contributed by atoms with E-state index in [9.17, 15) is 4.79 Å². The Balaban J connectivity index is 1.64. The van der Waals surface area contributed by atoms with Gasteiger partial charge in [0.15, 0.2) is 11.5 Å². The van der Waals surface area contributed by atoms with Crippen molar-refractivity contribution in [2.24, 2.45) is 5.92 Å². The van der Waals surface area contributed by atoms with E-state index < -0.39 is 0 Å². The molecule has 0 radical (unpaired) electrons. The first-order valence-corrected chi connectivity index (χ1v) is 10.4. The molecule has 4 heteroatoms. The molecule has 1 heterocycles. The van der Waals surface area contributed by atoms with Crippen LogP contribution in [-0.4, -0.2) is 19.1 Å². The van der Waals surface area contributed by atoms with Crippen LogP contribution in [0.4, 0.5) is 0 Å². The van der Waals surface area contributed by atoms with Crippen LogP contribution < -0.4 is 14.8 Å². The molecular formula is C26H27NO3. The SMILES string of the molecule is CC(C)[C@@H](NC(=O)C(c1ccccc1)c1ccccc1)c1ccc2c(c1)OCCO2. The second-order valence-electron chi connectivity index (χ2n) is 7.89. The van der Waals surface area contributed by atoms with Gasteiger partial charge in [-0.15, -0.1) is 0 Å². The van der Waals surface area contributed by atoms with Crippen molar-refractivity contribution in [1.29, 1.82) is 0 Å². The molecule has 154 valence electrons. The molecule has 1 aliphatic rings. The van der Waals surface area contributed by atoms with Gasteiger partial charge >= 0.3 is 0 Å². The molecule has 1 amide bonds. The number of nitrogens with one attached hydrogen (secondary N) is 1. The van der Waals surface area contributed by atoms with E-state index in [1.54, 1.807) is 0 Å². The molecule has 0 saturated heterocycles. The van der Waals surface area contributed by atoms with E-state index in [1.165, 1.54) is 0 Å². The normalized spacial score (nSPS) is 13.9. The van der Waals surface area contributed by atoms with Crippen molar-refractivity contribution in [3.8, 4) is 11.5 Å². The molecule has 4 rings (SSSR count). The monoisotopic (exact) mass is 401 g/mol. The molecule has 1 aliphatic heterocycles. The lowest BCUT2D eigenvalue weighted by Crippen LogP contribution is -2.36. The van der Waals surface area contributed by atoms with Gasteiger partial charge in [-0.1, -0.05) is 80.6 Å². The quantitative estimate of drug-likeness (QED) is 0.625. The summed E-state index contributed by atoms with van der Waals surface area (Å²) in [6.45, 7) is 5.33. The molecule has 0 fully saturated rings. The van der Waals surface area contributed by atoms with Crippen molar-refractivity contribution in [2.75, 3.05) is 13.2 Å². The molecule has 30 heavy (non-hydrogen) atoms. The lowest BCUT2D eigenvalue weighted by atomic mass is 9.89. The third-order valence-electron chi connectivity index (χ3n) is 5.42. The van der Waals surface area contributed by atoms with Crippen LogP contribution in [0.2, 0.25) is 0 Å². The van der Waals surface area contributed by atoms with E-state index in [-0.39, 0.29) is 23.8 Å². The fourth-order valence-electron chi connectivity index (χ4n) is 3.91. The molecule has 4 nitrogen and oxygen atoms in total. The zero-order chi connectivity index (χ0) is 20.9. The Morgan fingerprint density at radius 1 is 0.767 bits per heavy atom. The van der Waals surface area contributed by atoms with Crippen LogP contribution in [0.15, 0.2) is 78.9 Å². The van der Waals surface area contributed by atoms with Gasteiger partial charge in [-0.05, 0) is 34.7 Å². The summed E-state index contributed by atoms with van der Waals surface area (Å²) >= 11 is 0. The highest BCUT2D eigenvalue weighted by Crippen LogP contribution is 2.35. The first-order valence-electron chi connectivity index (χ1n) is 10.4. The molecule has 3 aromatic carbocycles. The average molecular weight is 402 g/mol. The van der Waals surface area contributed by atoms with Crippen LogP contribution in [-0.2, 0) is 4.79 Å². The number of carbonyl (C=O) groups is 1.